The predicted octanol–water partition coefficient (Wildman–Crippen LogP) is 7.50. The van der Waals surface area contributed by atoms with E-state index in [1.54, 1.807) is 70.2 Å². The molecule has 0 saturated carbocycles. The van der Waals surface area contributed by atoms with Crippen LogP contribution >= 0.6 is 11.6 Å². The lowest BCUT2D eigenvalue weighted by Gasteiger charge is -2.19. The van der Waals surface area contributed by atoms with Crippen molar-refractivity contribution < 1.29 is 38.3 Å². The molecule has 6 aromatic rings. The monoisotopic (exact) mass is 735 g/mol. The first-order valence-electron chi connectivity index (χ1n) is 16.2. The van der Waals surface area contributed by atoms with Crippen LogP contribution in [0.5, 0.6) is 17.2 Å². The number of carbonyl (C=O) groups is 3. The number of halogens is 1. The molecule has 1 aliphatic rings. The van der Waals surface area contributed by atoms with Gasteiger partial charge < -0.3 is 33.6 Å². The van der Waals surface area contributed by atoms with E-state index in [-0.39, 0.29) is 53.9 Å². The highest BCUT2D eigenvalue weighted by Gasteiger charge is 2.36. The zero-order chi connectivity index (χ0) is 37.2. The Labute approximate surface area is 306 Å². The van der Waals surface area contributed by atoms with Crippen molar-refractivity contribution in [2.75, 3.05) is 36.5 Å². The van der Waals surface area contributed by atoms with Crippen LogP contribution in [0.2, 0.25) is 0 Å². The highest BCUT2D eigenvalue weighted by atomic mass is 35.5. The topological polar surface area (TPSA) is 164 Å². The Bertz CT molecular complexity index is 2400. The molecule has 0 saturated heterocycles. The molecule has 15 heteroatoms. The molecule has 0 fully saturated rings. The number of hydrogen-bond donors (Lipinski definition) is 1. The molecule has 1 N–H and O–H groups in total. The standard InChI is InChI=1S/C38H30ClN5O9/c1-22-4-3-5-29-32(53-38(47)52-28-13-9-26(10-14-28)44(48)49)16-31-35(34(22)29)24(17-39)18-43(31)37(46)30-20-42-19-25(8-15-33(42)41-30)40-36(45)23-6-11-27(12-7-23)51-21-50-2/h3-16,19-20,24H,17-18,21H2,1-2H3,(H,40,45)/t24-/m1/s1. The third-order valence-electron chi connectivity index (χ3n) is 8.71. The van der Waals surface area contributed by atoms with Crippen LogP contribution in [-0.2, 0) is 4.74 Å². The van der Waals surface area contributed by atoms with Crippen LogP contribution in [0.25, 0.3) is 16.4 Å². The number of anilines is 2. The normalized spacial score (nSPS) is 13.5. The number of methoxy groups -OCH3 is 1. The number of aryl methyl sites for hydroxylation is 1. The van der Waals surface area contributed by atoms with Gasteiger partial charge in [-0.3, -0.25) is 19.7 Å². The smallest absolute Gasteiger partial charge is 0.468 e. The molecular formula is C38H30ClN5O9. The first kappa shape index (κ1) is 34.9. The number of pyridine rings is 1. The van der Waals surface area contributed by atoms with Gasteiger partial charge in [0.15, 0.2) is 6.79 Å². The van der Waals surface area contributed by atoms with Gasteiger partial charge in [-0.15, -0.1) is 11.6 Å². The third-order valence-corrected chi connectivity index (χ3v) is 9.09. The van der Waals surface area contributed by atoms with Crippen molar-refractivity contribution in [3.8, 4) is 17.2 Å². The van der Waals surface area contributed by atoms with Gasteiger partial charge in [0.1, 0.15) is 28.6 Å². The van der Waals surface area contributed by atoms with E-state index in [1.807, 2.05) is 19.1 Å². The largest absolute Gasteiger partial charge is 0.519 e. The fourth-order valence-electron chi connectivity index (χ4n) is 6.27. The number of hydrogen-bond acceptors (Lipinski definition) is 10. The van der Waals surface area contributed by atoms with Crippen LogP contribution in [0.3, 0.4) is 0 Å². The molecule has 1 aliphatic heterocycles. The Morgan fingerprint density at radius 1 is 0.981 bits per heavy atom. The molecule has 268 valence electrons. The summed E-state index contributed by atoms with van der Waals surface area (Å²) in [7, 11) is 1.52. The van der Waals surface area contributed by atoms with Crippen molar-refractivity contribution in [1.29, 1.82) is 0 Å². The lowest BCUT2D eigenvalue weighted by Crippen LogP contribution is -2.30. The molecule has 53 heavy (non-hydrogen) atoms. The van der Waals surface area contributed by atoms with Crippen LogP contribution in [0.1, 0.15) is 37.9 Å². The zero-order valence-corrected chi connectivity index (χ0v) is 29.0. The second-order valence-electron chi connectivity index (χ2n) is 12.1. The number of benzene rings is 4. The van der Waals surface area contributed by atoms with Crippen molar-refractivity contribution in [2.45, 2.75) is 12.8 Å². The molecule has 0 spiro atoms. The summed E-state index contributed by atoms with van der Waals surface area (Å²) in [6.45, 7) is 2.26. The van der Waals surface area contributed by atoms with Crippen molar-refractivity contribution >= 4 is 63.1 Å². The van der Waals surface area contributed by atoms with E-state index in [0.717, 1.165) is 16.5 Å². The van der Waals surface area contributed by atoms with Gasteiger partial charge in [-0.05, 0) is 72.0 Å². The Kier molecular flexibility index (Phi) is 9.63. The van der Waals surface area contributed by atoms with Gasteiger partial charge in [-0.2, -0.15) is 0 Å². The number of fused-ring (bicyclic) bond motifs is 4. The summed E-state index contributed by atoms with van der Waals surface area (Å²) in [6, 6.07) is 22.2. The minimum atomic E-state index is -1.07. The first-order chi connectivity index (χ1) is 25.6. The molecule has 1 atom stereocenters. The molecule has 0 unspecified atom stereocenters. The van der Waals surface area contributed by atoms with Gasteiger partial charge in [-0.25, -0.2) is 9.78 Å². The van der Waals surface area contributed by atoms with Crippen molar-refractivity contribution in [1.82, 2.24) is 9.38 Å². The number of ether oxygens (including phenoxy) is 4. The zero-order valence-electron chi connectivity index (χ0n) is 28.3. The molecule has 7 rings (SSSR count). The Balaban J connectivity index is 1.15. The number of nitro benzene ring substituents is 1. The highest BCUT2D eigenvalue weighted by Crippen LogP contribution is 2.47. The summed E-state index contributed by atoms with van der Waals surface area (Å²) in [5, 5.41) is 15.3. The summed E-state index contributed by atoms with van der Waals surface area (Å²) in [5.41, 5.74) is 3.59. The molecule has 3 heterocycles. The number of nitrogens with zero attached hydrogens (tertiary/aromatic N) is 4. The number of amides is 2. The number of non-ortho nitro benzene ring substituents is 1. The van der Waals surface area contributed by atoms with Crippen molar-refractivity contribution in [3.05, 3.63) is 130 Å². The molecule has 14 nitrogen and oxygen atoms in total. The lowest BCUT2D eigenvalue weighted by molar-refractivity contribution is -0.384. The second kappa shape index (κ2) is 14.6. The maximum atomic E-state index is 14.2. The van der Waals surface area contributed by atoms with Crippen LogP contribution in [-0.4, -0.2) is 58.6 Å². The summed E-state index contributed by atoms with van der Waals surface area (Å²) in [4.78, 5) is 56.7. The maximum Gasteiger partial charge on any atom is 0.519 e. The van der Waals surface area contributed by atoms with E-state index in [2.05, 4.69) is 10.3 Å². The number of rotatable bonds is 10. The number of nitrogens with one attached hydrogen (secondary N) is 1. The van der Waals surface area contributed by atoms with E-state index in [4.69, 9.17) is 30.5 Å². The maximum absolute atomic E-state index is 14.2. The van der Waals surface area contributed by atoms with E-state index < -0.39 is 17.0 Å². The second-order valence-corrected chi connectivity index (χ2v) is 12.4. The minimum Gasteiger partial charge on any atom is -0.468 e. The molecule has 2 aromatic heterocycles. The highest BCUT2D eigenvalue weighted by molar-refractivity contribution is 6.19. The summed E-state index contributed by atoms with van der Waals surface area (Å²) < 4.78 is 22.9. The van der Waals surface area contributed by atoms with Crippen molar-refractivity contribution in [2.24, 2.45) is 0 Å². The first-order valence-corrected chi connectivity index (χ1v) is 16.8. The number of aromatic nitrogens is 2. The Morgan fingerprint density at radius 2 is 1.74 bits per heavy atom. The van der Waals surface area contributed by atoms with E-state index >= 15 is 0 Å². The minimum absolute atomic E-state index is 0.0540. The Morgan fingerprint density at radius 3 is 2.45 bits per heavy atom. The number of nitro groups is 1. The molecule has 2 amide bonds. The van der Waals surface area contributed by atoms with Gasteiger partial charge in [0, 0.05) is 67.0 Å². The Hall–Kier alpha value is -6.51. The number of imidazole rings is 1. The van der Waals surface area contributed by atoms with Crippen LogP contribution in [0.4, 0.5) is 21.9 Å². The van der Waals surface area contributed by atoms with Gasteiger partial charge in [0.2, 0.25) is 0 Å². The van der Waals surface area contributed by atoms with Gasteiger partial charge in [0.05, 0.1) is 16.3 Å². The molecule has 0 bridgehead atoms. The molecular weight excluding hydrogens is 706 g/mol. The fourth-order valence-corrected chi connectivity index (χ4v) is 6.52. The van der Waals surface area contributed by atoms with E-state index in [1.165, 1.54) is 31.4 Å². The summed E-state index contributed by atoms with van der Waals surface area (Å²) in [6.07, 6.45) is 2.17. The number of alkyl halides is 1. The van der Waals surface area contributed by atoms with Crippen molar-refractivity contribution in [3.63, 3.8) is 0 Å². The van der Waals surface area contributed by atoms with Crippen LogP contribution in [0, 0.1) is 17.0 Å². The lowest BCUT2D eigenvalue weighted by atomic mass is 9.92. The number of carbonyl (C=O) groups excluding carboxylic acids is 3. The average molecular weight is 736 g/mol. The average Bonchev–Trinajstić information content (AvgIpc) is 3.75. The van der Waals surface area contributed by atoms with E-state index in [0.29, 0.717) is 33.7 Å². The fraction of sp³-hybridized carbons (Fsp3) is 0.158. The molecule has 0 radical (unpaired) electrons. The quantitative estimate of drug-likeness (QED) is 0.0372. The molecule has 0 aliphatic carbocycles. The summed E-state index contributed by atoms with van der Waals surface area (Å²) in [5.74, 6) is 0.00804. The van der Waals surface area contributed by atoms with Gasteiger partial charge >= 0.3 is 6.16 Å². The van der Waals surface area contributed by atoms with Crippen LogP contribution in [0.15, 0.2) is 97.3 Å². The van der Waals surface area contributed by atoms with Gasteiger partial charge in [-0.1, -0.05) is 18.2 Å². The van der Waals surface area contributed by atoms with E-state index in [9.17, 15) is 24.5 Å². The SMILES string of the molecule is COCOc1ccc(C(=O)Nc2ccc3nc(C(=O)N4C[C@@H](CCl)c5c4cc(OC(=O)Oc4ccc([N+](=O)[O-])cc4)c4cccc(C)c54)cn3c2)cc1. The predicted molar refractivity (Wildman–Crippen MR) is 196 cm³/mol. The van der Waals surface area contributed by atoms with Gasteiger partial charge in [0.25, 0.3) is 17.5 Å². The van der Waals surface area contributed by atoms with Crippen LogP contribution < -0.4 is 24.4 Å². The molecule has 4 aromatic carbocycles. The third kappa shape index (κ3) is 7.05. The summed E-state index contributed by atoms with van der Waals surface area (Å²) >= 11 is 6.49.